The van der Waals surface area contributed by atoms with E-state index >= 15 is 0 Å². The Bertz CT molecular complexity index is 505. The molecule has 0 radical (unpaired) electrons. The molecule has 22 heavy (non-hydrogen) atoms. The number of nitrogens with zero attached hydrogens (tertiary/aromatic N) is 1. The number of alkyl halides is 3. The number of benzene rings is 1. The average Bonchev–Trinajstić information content (AvgIpc) is 2.45. The topological polar surface area (TPSA) is 41.6 Å². The highest BCUT2D eigenvalue weighted by atomic mass is 19.4. The first-order valence-corrected chi connectivity index (χ1v) is 6.76. The number of carbonyl (C=O) groups excluding carboxylic acids is 1. The second-order valence-electron chi connectivity index (χ2n) is 5.04. The van der Waals surface area contributed by atoms with Gasteiger partial charge in [-0.1, -0.05) is 12.1 Å². The third-order valence-electron chi connectivity index (χ3n) is 3.25. The first-order chi connectivity index (χ1) is 10.3. The van der Waals surface area contributed by atoms with Crippen molar-refractivity contribution < 1.29 is 27.1 Å². The van der Waals surface area contributed by atoms with Crippen LogP contribution in [0.3, 0.4) is 0 Å². The Morgan fingerprint density at radius 3 is 2.64 bits per heavy atom. The first-order valence-electron chi connectivity index (χ1n) is 6.76. The second kappa shape index (κ2) is 7.06. The molecule has 1 amide bonds. The Labute approximate surface area is 125 Å². The molecule has 1 N–H and O–H groups in total. The predicted molar refractivity (Wildman–Crippen MR) is 70.6 cm³/mol. The maximum Gasteiger partial charge on any atom is 0.405 e. The number of carbonyl (C=O) groups is 1. The molecule has 1 aliphatic rings. The molecule has 0 bridgehead atoms. The summed E-state index contributed by atoms with van der Waals surface area (Å²) in [5.74, 6) is -1.04. The van der Waals surface area contributed by atoms with E-state index in [0.29, 0.717) is 19.7 Å². The summed E-state index contributed by atoms with van der Waals surface area (Å²) in [6.07, 6.45) is -4.75. The van der Waals surface area contributed by atoms with Gasteiger partial charge in [0.05, 0.1) is 19.3 Å². The number of halogens is 4. The molecule has 0 aliphatic carbocycles. The summed E-state index contributed by atoms with van der Waals surface area (Å²) in [5, 5.41) is 1.84. The minimum absolute atomic E-state index is 0.128. The van der Waals surface area contributed by atoms with E-state index in [4.69, 9.17) is 4.74 Å². The summed E-state index contributed by atoms with van der Waals surface area (Å²) in [6.45, 7) is -0.286. The van der Waals surface area contributed by atoms with Crippen molar-refractivity contribution in [1.82, 2.24) is 10.2 Å². The number of rotatable bonds is 4. The largest absolute Gasteiger partial charge is 0.405 e. The van der Waals surface area contributed by atoms with Gasteiger partial charge in [0.2, 0.25) is 5.91 Å². The predicted octanol–water partition coefficient (Wildman–Crippen LogP) is 1.88. The maximum absolute atomic E-state index is 12.9. The minimum atomic E-state index is -4.42. The molecule has 0 unspecified atom stereocenters. The van der Waals surface area contributed by atoms with Crippen LogP contribution in [0.25, 0.3) is 0 Å². The van der Waals surface area contributed by atoms with Crippen LogP contribution in [-0.2, 0) is 9.53 Å². The normalized spacial score (nSPS) is 19.9. The Morgan fingerprint density at radius 2 is 2.00 bits per heavy atom. The minimum Gasteiger partial charge on any atom is -0.371 e. The molecule has 1 saturated heterocycles. The van der Waals surface area contributed by atoms with Gasteiger partial charge in [-0.05, 0) is 17.7 Å². The quantitative estimate of drug-likeness (QED) is 0.861. The Kier molecular flexibility index (Phi) is 5.36. The molecule has 0 spiro atoms. The van der Waals surface area contributed by atoms with Gasteiger partial charge in [-0.15, -0.1) is 0 Å². The molecule has 8 heteroatoms. The summed E-state index contributed by atoms with van der Waals surface area (Å²) in [5.41, 5.74) is 0.766. The van der Waals surface area contributed by atoms with Crippen LogP contribution < -0.4 is 5.32 Å². The van der Waals surface area contributed by atoms with E-state index in [2.05, 4.69) is 0 Å². The molecule has 1 heterocycles. The van der Waals surface area contributed by atoms with E-state index in [9.17, 15) is 22.4 Å². The van der Waals surface area contributed by atoms with Gasteiger partial charge in [-0.3, -0.25) is 9.69 Å². The zero-order chi connectivity index (χ0) is 16.2. The lowest BCUT2D eigenvalue weighted by molar-refractivity contribution is -0.140. The zero-order valence-electron chi connectivity index (χ0n) is 11.7. The van der Waals surface area contributed by atoms with Crippen molar-refractivity contribution in [3.05, 3.63) is 35.6 Å². The standard InChI is InChI=1S/C14H16F4N2O2/c15-11-3-1-10(2-4-11)12-7-20(5-6-22-12)8-13(21)19-9-14(16,17)18/h1-4,12H,5-9H2,(H,19,21)/t12-/m0/s1. The van der Waals surface area contributed by atoms with Gasteiger partial charge in [0.25, 0.3) is 0 Å². The van der Waals surface area contributed by atoms with Gasteiger partial charge in [0.1, 0.15) is 12.4 Å². The lowest BCUT2D eigenvalue weighted by Gasteiger charge is -2.32. The van der Waals surface area contributed by atoms with E-state index in [0.717, 1.165) is 5.56 Å². The van der Waals surface area contributed by atoms with Crippen molar-refractivity contribution in [3.8, 4) is 0 Å². The van der Waals surface area contributed by atoms with Crippen molar-refractivity contribution in [1.29, 1.82) is 0 Å². The Balaban J connectivity index is 1.85. The van der Waals surface area contributed by atoms with Gasteiger partial charge in [-0.2, -0.15) is 13.2 Å². The molecule has 2 rings (SSSR count). The lowest BCUT2D eigenvalue weighted by atomic mass is 10.1. The molecule has 1 aliphatic heterocycles. The van der Waals surface area contributed by atoms with Crippen molar-refractivity contribution in [2.75, 3.05) is 32.8 Å². The summed E-state index contributed by atoms with van der Waals surface area (Å²) < 4.78 is 54.5. The monoisotopic (exact) mass is 320 g/mol. The zero-order valence-corrected chi connectivity index (χ0v) is 11.7. The van der Waals surface area contributed by atoms with Gasteiger partial charge in [0.15, 0.2) is 0 Å². The number of nitrogens with one attached hydrogen (secondary N) is 1. The molecule has 4 nitrogen and oxygen atoms in total. The van der Waals surface area contributed by atoms with Crippen molar-refractivity contribution in [3.63, 3.8) is 0 Å². The first kappa shape index (κ1) is 16.7. The molecule has 1 fully saturated rings. The summed E-state index contributed by atoms with van der Waals surface area (Å²) in [7, 11) is 0. The Hall–Kier alpha value is -1.67. The fourth-order valence-corrected chi connectivity index (χ4v) is 2.18. The highest BCUT2D eigenvalue weighted by Gasteiger charge is 2.29. The number of hydrogen-bond donors (Lipinski definition) is 1. The van der Waals surface area contributed by atoms with Crippen LogP contribution >= 0.6 is 0 Å². The summed E-state index contributed by atoms with van der Waals surface area (Å²) in [6, 6.07) is 5.81. The third kappa shape index (κ3) is 5.27. The number of morpholine rings is 1. The van der Waals surface area contributed by atoms with E-state index < -0.39 is 18.6 Å². The second-order valence-corrected chi connectivity index (χ2v) is 5.04. The highest BCUT2D eigenvalue weighted by Crippen LogP contribution is 2.22. The molecule has 122 valence electrons. The van der Waals surface area contributed by atoms with Crippen LogP contribution in [0, 0.1) is 5.82 Å². The molecule has 0 saturated carbocycles. The molecular formula is C14H16F4N2O2. The smallest absolute Gasteiger partial charge is 0.371 e. The summed E-state index contributed by atoms with van der Waals surface area (Å²) in [4.78, 5) is 13.2. The van der Waals surface area contributed by atoms with E-state index in [1.54, 1.807) is 17.0 Å². The molecule has 1 aromatic rings. The van der Waals surface area contributed by atoms with Crippen molar-refractivity contribution in [2.24, 2.45) is 0 Å². The lowest BCUT2D eigenvalue weighted by Crippen LogP contribution is -2.45. The van der Waals surface area contributed by atoms with Crippen LogP contribution in [-0.4, -0.2) is 49.8 Å². The SMILES string of the molecule is O=C(CN1CCO[C@H](c2ccc(F)cc2)C1)NCC(F)(F)F. The van der Waals surface area contributed by atoms with E-state index in [1.165, 1.54) is 12.1 Å². The van der Waals surface area contributed by atoms with Crippen LogP contribution in [0.2, 0.25) is 0 Å². The van der Waals surface area contributed by atoms with E-state index in [1.807, 2.05) is 5.32 Å². The maximum atomic E-state index is 12.9. The number of amides is 1. The van der Waals surface area contributed by atoms with Crippen LogP contribution in [0.15, 0.2) is 24.3 Å². The van der Waals surface area contributed by atoms with Crippen LogP contribution in [0.4, 0.5) is 17.6 Å². The highest BCUT2D eigenvalue weighted by molar-refractivity contribution is 5.78. The third-order valence-corrected chi connectivity index (χ3v) is 3.25. The number of hydrogen-bond acceptors (Lipinski definition) is 3. The van der Waals surface area contributed by atoms with Crippen LogP contribution in [0.5, 0.6) is 0 Å². The van der Waals surface area contributed by atoms with Gasteiger partial charge >= 0.3 is 6.18 Å². The van der Waals surface area contributed by atoms with Crippen molar-refractivity contribution >= 4 is 5.91 Å². The molecule has 1 atom stereocenters. The Morgan fingerprint density at radius 1 is 1.32 bits per heavy atom. The fourth-order valence-electron chi connectivity index (χ4n) is 2.18. The molecule has 1 aromatic carbocycles. The number of ether oxygens (including phenoxy) is 1. The van der Waals surface area contributed by atoms with Gasteiger partial charge < -0.3 is 10.1 Å². The van der Waals surface area contributed by atoms with E-state index in [-0.39, 0.29) is 18.5 Å². The van der Waals surface area contributed by atoms with Gasteiger partial charge in [-0.25, -0.2) is 4.39 Å². The molecular weight excluding hydrogens is 304 g/mol. The van der Waals surface area contributed by atoms with Crippen molar-refractivity contribution in [2.45, 2.75) is 12.3 Å². The van der Waals surface area contributed by atoms with Crippen LogP contribution in [0.1, 0.15) is 11.7 Å². The fraction of sp³-hybridized carbons (Fsp3) is 0.500. The molecule has 0 aromatic heterocycles. The van der Waals surface area contributed by atoms with Gasteiger partial charge in [0, 0.05) is 13.1 Å². The average molecular weight is 320 g/mol. The summed E-state index contributed by atoms with van der Waals surface area (Å²) >= 11 is 0.